The van der Waals surface area contributed by atoms with Crippen LogP contribution in [-0.2, 0) is 17.6 Å². The molecule has 1 atom stereocenters. The van der Waals surface area contributed by atoms with Gasteiger partial charge in [-0.3, -0.25) is 4.79 Å². The molecule has 3 heterocycles. The molecule has 2 aromatic rings. The van der Waals surface area contributed by atoms with E-state index in [2.05, 4.69) is 17.9 Å². The molecule has 5 heteroatoms. The van der Waals surface area contributed by atoms with Crippen LogP contribution in [0.15, 0.2) is 12.3 Å². The van der Waals surface area contributed by atoms with Gasteiger partial charge in [0.15, 0.2) is 0 Å². The van der Waals surface area contributed by atoms with Gasteiger partial charge in [0.2, 0.25) is 5.91 Å². The maximum Gasteiger partial charge on any atom is 0.220 e. The molecule has 0 spiro atoms. The molecule has 140 valence electrons. The smallest absolute Gasteiger partial charge is 0.220 e. The van der Waals surface area contributed by atoms with Gasteiger partial charge in [0.05, 0.1) is 0 Å². The highest BCUT2D eigenvalue weighted by molar-refractivity contribution is 7.19. The first-order valence-corrected chi connectivity index (χ1v) is 10.9. The van der Waals surface area contributed by atoms with Gasteiger partial charge in [-0.15, -0.1) is 11.3 Å². The molecular weight excluding hydrogens is 342 g/mol. The first kappa shape index (κ1) is 17.8. The molecule has 4 nitrogen and oxygen atoms in total. The summed E-state index contributed by atoms with van der Waals surface area (Å²) in [5.74, 6) is 1.89. The molecule has 0 aromatic carbocycles. The van der Waals surface area contributed by atoms with Crippen LogP contribution in [-0.4, -0.2) is 24.0 Å². The van der Waals surface area contributed by atoms with Crippen LogP contribution in [0.5, 0.6) is 0 Å². The number of pyridine rings is 1. The van der Waals surface area contributed by atoms with Gasteiger partial charge in [0.1, 0.15) is 5.82 Å². The van der Waals surface area contributed by atoms with Crippen LogP contribution >= 0.6 is 11.3 Å². The summed E-state index contributed by atoms with van der Waals surface area (Å²) >= 11 is 1.98. The Kier molecular flexibility index (Phi) is 5.16. The highest BCUT2D eigenvalue weighted by atomic mass is 32.1. The normalized spacial score (nSPS) is 21.6. The van der Waals surface area contributed by atoms with E-state index < -0.39 is 0 Å². The predicted octanol–water partition coefficient (Wildman–Crippen LogP) is 4.29. The Bertz CT molecular complexity index is 792. The number of anilines is 1. The average molecular weight is 372 g/mol. The van der Waals surface area contributed by atoms with Crippen molar-refractivity contribution in [2.45, 2.75) is 58.3 Å². The summed E-state index contributed by atoms with van der Waals surface area (Å²) in [5.41, 5.74) is 7.06. The molecule has 4 rings (SSSR count). The zero-order valence-electron chi connectivity index (χ0n) is 15.7. The fourth-order valence-electron chi connectivity index (χ4n) is 4.74. The summed E-state index contributed by atoms with van der Waals surface area (Å²) in [6.45, 7) is 4.05. The molecule has 2 aromatic heterocycles. The van der Waals surface area contributed by atoms with Crippen LogP contribution in [0.1, 0.15) is 55.9 Å². The van der Waals surface area contributed by atoms with Crippen molar-refractivity contribution >= 4 is 33.1 Å². The molecule has 1 saturated heterocycles. The van der Waals surface area contributed by atoms with Crippen molar-refractivity contribution in [2.75, 3.05) is 18.0 Å². The van der Waals surface area contributed by atoms with E-state index in [9.17, 15) is 4.79 Å². The number of hydrogen-bond acceptors (Lipinski definition) is 4. The van der Waals surface area contributed by atoms with E-state index in [1.54, 1.807) is 10.4 Å². The monoisotopic (exact) mass is 371 g/mol. The minimum absolute atomic E-state index is 0.0276. The predicted molar refractivity (Wildman–Crippen MR) is 109 cm³/mol. The Labute approximate surface area is 159 Å². The number of aryl methyl sites for hydroxylation is 2. The Balaban J connectivity index is 1.63. The molecule has 0 radical (unpaired) electrons. The number of nitrogens with zero attached hydrogens (tertiary/aromatic N) is 2. The van der Waals surface area contributed by atoms with Crippen molar-refractivity contribution in [1.29, 1.82) is 0 Å². The maximum atomic E-state index is 11.5. The van der Waals surface area contributed by atoms with Crippen LogP contribution in [0.3, 0.4) is 0 Å². The van der Waals surface area contributed by atoms with Gasteiger partial charge < -0.3 is 10.6 Å². The SMILES string of the molecule is CCCC1CCc2sc3ccnc(N4CCC(C(N)=O)CC4)c3c2CC1. The highest BCUT2D eigenvalue weighted by Crippen LogP contribution is 2.41. The number of amides is 1. The van der Waals surface area contributed by atoms with E-state index in [0.717, 1.165) is 37.7 Å². The standard InChI is InChI=1S/C21H29N3OS/c1-2-3-14-4-6-16-17(7-5-14)26-18-8-11-23-21(19(16)18)24-12-9-15(10-13-24)20(22)25/h8,11,14-15H,2-7,9-10,12-13H2,1H3,(H2,22,25). The Morgan fingerprint density at radius 2 is 2.04 bits per heavy atom. The minimum atomic E-state index is -0.151. The van der Waals surface area contributed by atoms with Gasteiger partial charge in [-0.25, -0.2) is 4.98 Å². The lowest BCUT2D eigenvalue weighted by Crippen LogP contribution is -2.39. The first-order chi connectivity index (χ1) is 12.7. The number of primary amides is 1. The molecule has 0 bridgehead atoms. The molecule has 0 saturated carbocycles. The lowest BCUT2D eigenvalue weighted by atomic mass is 9.94. The molecule has 1 unspecified atom stereocenters. The molecule has 2 aliphatic rings. The number of aromatic nitrogens is 1. The van der Waals surface area contributed by atoms with Gasteiger partial charge in [0.25, 0.3) is 0 Å². The number of carbonyl (C=O) groups is 1. The van der Waals surface area contributed by atoms with Crippen LogP contribution < -0.4 is 10.6 Å². The summed E-state index contributed by atoms with van der Waals surface area (Å²) in [6, 6.07) is 2.18. The molecule has 26 heavy (non-hydrogen) atoms. The zero-order chi connectivity index (χ0) is 18.1. The van der Waals surface area contributed by atoms with Crippen molar-refractivity contribution in [1.82, 2.24) is 4.98 Å². The topological polar surface area (TPSA) is 59.2 Å². The second kappa shape index (κ2) is 7.55. The van der Waals surface area contributed by atoms with Crippen LogP contribution in [0, 0.1) is 11.8 Å². The molecule has 1 amide bonds. The van der Waals surface area contributed by atoms with E-state index in [0.29, 0.717) is 0 Å². The van der Waals surface area contributed by atoms with Crippen LogP contribution in [0.25, 0.3) is 10.1 Å². The third kappa shape index (κ3) is 3.34. The van der Waals surface area contributed by atoms with Crippen LogP contribution in [0.2, 0.25) is 0 Å². The van der Waals surface area contributed by atoms with Crippen LogP contribution in [0.4, 0.5) is 5.82 Å². The Morgan fingerprint density at radius 3 is 2.77 bits per heavy atom. The molecule has 1 fully saturated rings. The number of carbonyl (C=O) groups excluding carboxylic acids is 1. The van der Waals surface area contributed by atoms with E-state index in [4.69, 9.17) is 10.7 Å². The lowest BCUT2D eigenvalue weighted by molar-refractivity contribution is -0.122. The summed E-state index contributed by atoms with van der Waals surface area (Å²) in [6.07, 6.45) is 11.4. The van der Waals surface area contributed by atoms with Gasteiger partial charge in [-0.1, -0.05) is 19.8 Å². The number of rotatable bonds is 4. The second-order valence-electron chi connectivity index (χ2n) is 7.91. The van der Waals surface area contributed by atoms with E-state index in [1.165, 1.54) is 48.6 Å². The van der Waals surface area contributed by atoms with E-state index in [-0.39, 0.29) is 11.8 Å². The summed E-state index contributed by atoms with van der Waals surface area (Å²) in [5, 5.41) is 1.39. The number of fused-ring (bicyclic) bond motifs is 3. The molecule has 1 aliphatic heterocycles. The summed E-state index contributed by atoms with van der Waals surface area (Å²) in [4.78, 5) is 20.2. The first-order valence-electron chi connectivity index (χ1n) is 10.1. The maximum absolute atomic E-state index is 11.5. The van der Waals surface area contributed by atoms with Gasteiger partial charge >= 0.3 is 0 Å². The number of thiophene rings is 1. The quantitative estimate of drug-likeness (QED) is 0.816. The van der Waals surface area contributed by atoms with Crippen molar-refractivity contribution < 1.29 is 4.79 Å². The van der Waals surface area contributed by atoms with Gasteiger partial charge in [0, 0.05) is 40.2 Å². The fourth-order valence-corrected chi connectivity index (χ4v) is 6.00. The summed E-state index contributed by atoms with van der Waals surface area (Å²) in [7, 11) is 0. The third-order valence-electron chi connectivity index (χ3n) is 6.24. The molecule has 1 aliphatic carbocycles. The lowest BCUT2D eigenvalue weighted by Gasteiger charge is -2.32. The Morgan fingerprint density at radius 1 is 1.27 bits per heavy atom. The van der Waals surface area contributed by atoms with Gasteiger partial charge in [-0.05, 0) is 56.1 Å². The molecular formula is C21H29N3OS. The van der Waals surface area contributed by atoms with Crippen molar-refractivity contribution in [2.24, 2.45) is 17.6 Å². The van der Waals surface area contributed by atoms with E-state index >= 15 is 0 Å². The van der Waals surface area contributed by atoms with E-state index in [1.807, 2.05) is 17.5 Å². The number of piperidine rings is 1. The largest absolute Gasteiger partial charge is 0.369 e. The van der Waals surface area contributed by atoms with Crippen molar-refractivity contribution in [3.05, 3.63) is 22.7 Å². The third-order valence-corrected chi connectivity index (χ3v) is 7.50. The number of nitrogens with two attached hydrogens (primary N) is 1. The Hall–Kier alpha value is -1.62. The van der Waals surface area contributed by atoms with Gasteiger partial charge in [-0.2, -0.15) is 0 Å². The molecule has 2 N–H and O–H groups in total. The zero-order valence-corrected chi connectivity index (χ0v) is 16.5. The van der Waals surface area contributed by atoms with Crippen molar-refractivity contribution in [3.8, 4) is 0 Å². The second-order valence-corrected chi connectivity index (χ2v) is 9.04. The fraction of sp³-hybridized carbons (Fsp3) is 0.619. The average Bonchev–Trinajstić information content (AvgIpc) is 2.90. The summed E-state index contributed by atoms with van der Waals surface area (Å²) < 4.78 is 1.38. The minimum Gasteiger partial charge on any atom is -0.369 e. The highest BCUT2D eigenvalue weighted by Gasteiger charge is 2.27. The van der Waals surface area contributed by atoms with Crippen molar-refractivity contribution in [3.63, 3.8) is 0 Å². The number of hydrogen-bond donors (Lipinski definition) is 1.